The summed E-state index contributed by atoms with van der Waals surface area (Å²) in [6.45, 7) is 2.19. The van der Waals surface area contributed by atoms with E-state index in [-0.39, 0.29) is 18.3 Å². The van der Waals surface area contributed by atoms with Gasteiger partial charge in [-0.2, -0.15) is 0 Å². The minimum Gasteiger partial charge on any atom is -0.481 e. The van der Waals surface area contributed by atoms with Gasteiger partial charge in [0.15, 0.2) is 12.9 Å². The minimum atomic E-state index is -0.251. The van der Waals surface area contributed by atoms with Gasteiger partial charge in [0.05, 0.1) is 10.6 Å². The molecule has 86 valence electrons. The molecule has 1 N–H and O–H groups in total. The van der Waals surface area contributed by atoms with Gasteiger partial charge < -0.3 is 10.1 Å². The number of para-hydroxylation sites is 1. The summed E-state index contributed by atoms with van der Waals surface area (Å²) >= 11 is 5.85. The summed E-state index contributed by atoms with van der Waals surface area (Å²) in [5.41, 5.74) is 0.330. The van der Waals surface area contributed by atoms with E-state index in [1.54, 1.807) is 18.2 Å². The van der Waals surface area contributed by atoms with Crippen LogP contribution in [0.5, 0.6) is 5.75 Å². The van der Waals surface area contributed by atoms with Crippen molar-refractivity contribution < 1.29 is 14.3 Å². The topological polar surface area (TPSA) is 55.4 Å². The molecule has 4 nitrogen and oxygen atoms in total. The molecule has 0 aliphatic heterocycles. The van der Waals surface area contributed by atoms with E-state index >= 15 is 0 Å². The Kier molecular flexibility index (Phi) is 4.79. The van der Waals surface area contributed by atoms with Crippen LogP contribution in [-0.4, -0.2) is 25.3 Å². The highest BCUT2D eigenvalue weighted by Crippen LogP contribution is 2.27. The third kappa shape index (κ3) is 3.24. The summed E-state index contributed by atoms with van der Waals surface area (Å²) < 4.78 is 5.20. The van der Waals surface area contributed by atoms with Gasteiger partial charge in [0.25, 0.3) is 5.91 Å². The molecule has 1 aromatic rings. The van der Waals surface area contributed by atoms with E-state index in [9.17, 15) is 9.59 Å². The molecule has 0 aromatic heterocycles. The molecule has 1 amide bonds. The lowest BCUT2D eigenvalue weighted by Crippen LogP contribution is -2.28. The smallest absolute Gasteiger partial charge is 0.257 e. The molecule has 5 heteroatoms. The van der Waals surface area contributed by atoms with Crippen molar-refractivity contribution in [3.63, 3.8) is 0 Å². The van der Waals surface area contributed by atoms with Crippen molar-refractivity contribution in [1.82, 2.24) is 5.32 Å². The molecule has 0 unspecified atom stereocenters. The highest BCUT2D eigenvalue weighted by atomic mass is 35.5. The van der Waals surface area contributed by atoms with E-state index in [2.05, 4.69) is 5.32 Å². The van der Waals surface area contributed by atoms with Crippen LogP contribution in [0.3, 0.4) is 0 Å². The lowest BCUT2D eigenvalue weighted by Gasteiger charge is -2.09. The lowest BCUT2D eigenvalue weighted by molar-refractivity contribution is -0.122. The number of benzene rings is 1. The predicted octanol–water partition coefficient (Wildman–Crippen LogP) is 1.67. The Bertz CT molecular complexity index is 393. The number of rotatable bonds is 5. The zero-order chi connectivity index (χ0) is 12.0. The number of nitrogens with one attached hydrogen (secondary N) is 1. The number of aldehydes is 1. The van der Waals surface area contributed by atoms with Crippen LogP contribution < -0.4 is 10.1 Å². The largest absolute Gasteiger partial charge is 0.481 e. The molecule has 0 aliphatic rings. The predicted molar refractivity (Wildman–Crippen MR) is 61.0 cm³/mol. The van der Waals surface area contributed by atoms with Crippen molar-refractivity contribution >= 4 is 23.8 Å². The summed E-state index contributed by atoms with van der Waals surface area (Å²) in [7, 11) is 0. The van der Waals surface area contributed by atoms with Crippen molar-refractivity contribution in [2.45, 2.75) is 6.92 Å². The van der Waals surface area contributed by atoms with Crippen molar-refractivity contribution in [2.24, 2.45) is 0 Å². The Morgan fingerprint density at radius 3 is 2.94 bits per heavy atom. The Labute approximate surface area is 98.5 Å². The zero-order valence-corrected chi connectivity index (χ0v) is 9.58. The van der Waals surface area contributed by atoms with Crippen LogP contribution in [0.2, 0.25) is 5.02 Å². The van der Waals surface area contributed by atoms with Crippen molar-refractivity contribution in [2.75, 3.05) is 13.2 Å². The molecule has 0 heterocycles. The molecule has 0 saturated carbocycles. The Morgan fingerprint density at radius 2 is 2.31 bits per heavy atom. The number of carbonyl (C=O) groups excluding carboxylic acids is 2. The van der Waals surface area contributed by atoms with E-state index in [1.807, 2.05) is 6.92 Å². The van der Waals surface area contributed by atoms with Crippen LogP contribution >= 0.6 is 11.6 Å². The fraction of sp³-hybridized carbons (Fsp3) is 0.273. The molecule has 0 aliphatic carbocycles. The third-order valence-corrected chi connectivity index (χ3v) is 2.14. The summed E-state index contributed by atoms with van der Waals surface area (Å²) in [6.07, 6.45) is 0.638. The lowest BCUT2D eigenvalue weighted by atomic mass is 10.2. The van der Waals surface area contributed by atoms with E-state index in [0.717, 1.165) is 0 Å². The number of hydrogen-bond acceptors (Lipinski definition) is 3. The summed E-state index contributed by atoms with van der Waals surface area (Å²) in [6, 6.07) is 4.82. The van der Waals surface area contributed by atoms with Crippen molar-refractivity contribution in [1.29, 1.82) is 0 Å². The molecule has 0 saturated heterocycles. The van der Waals surface area contributed by atoms with E-state index in [1.165, 1.54) is 0 Å². The summed E-state index contributed by atoms with van der Waals surface area (Å²) in [5, 5.41) is 2.89. The maximum Gasteiger partial charge on any atom is 0.257 e. The van der Waals surface area contributed by atoms with Gasteiger partial charge in [-0.1, -0.05) is 17.7 Å². The van der Waals surface area contributed by atoms with Gasteiger partial charge in [-0.05, 0) is 19.1 Å². The summed E-state index contributed by atoms with van der Waals surface area (Å²) in [5.74, 6) is -0.00955. The highest BCUT2D eigenvalue weighted by molar-refractivity contribution is 6.32. The van der Waals surface area contributed by atoms with Crippen LogP contribution in [0.25, 0.3) is 0 Å². The molecular formula is C11H12ClNO3. The fourth-order valence-electron chi connectivity index (χ4n) is 1.16. The van der Waals surface area contributed by atoms with Crippen molar-refractivity contribution in [3.8, 4) is 5.75 Å². The maximum absolute atomic E-state index is 11.2. The Morgan fingerprint density at radius 1 is 1.56 bits per heavy atom. The Hall–Kier alpha value is -1.55. The van der Waals surface area contributed by atoms with Crippen molar-refractivity contribution in [3.05, 3.63) is 28.8 Å². The van der Waals surface area contributed by atoms with Gasteiger partial charge >= 0.3 is 0 Å². The number of amides is 1. The molecule has 1 rings (SSSR count). The van der Waals surface area contributed by atoms with Gasteiger partial charge in [0, 0.05) is 6.54 Å². The number of hydrogen-bond donors (Lipinski definition) is 1. The molecular weight excluding hydrogens is 230 g/mol. The molecule has 1 aromatic carbocycles. The second kappa shape index (κ2) is 6.12. The fourth-order valence-corrected chi connectivity index (χ4v) is 1.39. The molecule has 0 atom stereocenters. The Balaban J connectivity index is 2.72. The second-order valence-corrected chi connectivity index (χ2v) is 3.43. The monoisotopic (exact) mass is 241 g/mol. The van der Waals surface area contributed by atoms with E-state index < -0.39 is 0 Å². The molecule has 0 radical (unpaired) electrons. The van der Waals surface area contributed by atoms with Gasteiger partial charge in [0.2, 0.25) is 0 Å². The van der Waals surface area contributed by atoms with Gasteiger partial charge in [-0.15, -0.1) is 0 Å². The molecule has 16 heavy (non-hydrogen) atoms. The SMILES string of the molecule is CCNC(=O)COc1c(Cl)cccc1C=O. The molecule has 0 fully saturated rings. The van der Waals surface area contributed by atoms with Crippen LogP contribution in [-0.2, 0) is 4.79 Å². The molecule has 0 bridgehead atoms. The maximum atomic E-state index is 11.2. The van der Waals surface area contributed by atoms with Crippen LogP contribution in [0.15, 0.2) is 18.2 Å². The highest BCUT2D eigenvalue weighted by Gasteiger charge is 2.09. The summed E-state index contributed by atoms with van der Waals surface area (Å²) in [4.78, 5) is 21.9. The minimum absolute atomic E-state index is 0.154. The number of carbonyl (C=O) groups is 2. The first-order valence-corrected chi connectivity index (χ1v) is 5.20. The quantitative estimate of drug-likeness (QED) is 0.798. The van der Waals surface area contributed by atoms with E-state index in [0.29, 0.717) is 23.4 Å². The first kappa shape index (κ1) is 12.5. The van der Waals surface area contributed by atoms with Gasteiger partial charge in [-0.25, -0.2) is 0 Å². The average molecular weight is 242 g/mol. The van der Waals surface area contributed by atoms with Gasteiger partial charge in [0.1, 0.15) is 5.75 Å². The van der Waals surface area contributed by atoms with Crippen LogP contribution in [0.1, 0.15) is 17.3 Å². The third-order valence-electron chi connectivity index (χ3n) is 1.85. The molecule has 0 spiro atoms. The second-order valence-electron chi connectivity index (χ2n) is 3.02. The number of likely N-dealkylation sites (N-methyl/N-ethyl adjacent to an activating group) is 1. The van der Waals surface area contributed by atoms with Crippen LogP contribution in [0.4, 0.5) is 0 Å². The first-order valence-electron chi connectivity index (χ1n) is 4.82. The van der Waals surface area contributed by atoms with Crippen LogP contribution in [0, 0.1) is 0 Å². The van der Waals surface area contributed by atoms with E-state index in [4.69, 9.17) is 16.3 Å². The first-order chi connectivity index (χ1) is 7.69. The van der Waals surface area contributed by atoms with Gasteiger partial charge in [-0.3, -0.25) is 9.59 Å². The number of ether oxygens (including phenoxy) is 1. The average Bonchev–Trinajstić information content (AvgIpc) is 2.27. The zero-order valence-electron chi connectivity index (χ0n) is 8.83. The number of halogens is 1. The standard InChI is InChI=1S/C11H12ClNO3/c1-2-13-10(15)7-16-11-8(6-14)4-3-5-9(11)12/h3-6H,2,7H2,1H3,(H,13,15). The normalized spacial score (nSPS) is 9.62.